The molecule has 3 aromatic rings. The van der Waals surface area contributed by atoms with Crippen molar-refractivity contribution in [2.75, 3.05) is 18.1 Å². The third-order valence-electron chi connectivity index (χ3n) is 5.38. The van der Waals surface area contributed by atoms with Crippen LogP contribution < -0.4 is 15.0 Å². The Morgan fingerprint density at radius 3 is 2.55 bits per heavy atom. The molecule has 0 saturated carbocycles. The molecule has 4 rings (SSSR count). The monoisotopic (exact) mass is 388 g/mol. The molecule has 0 bridgehead atoms. The molecule has 0 unspecified atom stereocenters. The van der Waals surface area contributed by atoms with Gasteiger partial charge in [-0.15, -0.1) is 0 Å². The van der Waals surface area contributed by atoms with E-state index >= 15 is 0 Å². The van der Waals surface area contributed by atoms with Gasteiger partial charge in [-0.25, -0.2) is 0 Å². The minimum Gasteiger partial charge on any atom is -0.491 e. The van der Waals surface area contributed by atoms with Crippen molar-refractivity contribution in [3.63, 3.8) is 0 Å². The number of benzene rings is 3. The number of nitrogens with zero attached hydrogens (tertiary/aromatic N) is 1. The molecule has 2 amide bonds. The second-order valence-electron chi connectivity index (χ2n) is 7.41. The van der Waals surface area contributed by atoms with Gasteiger partial charge in [0.25, 0.3) is 5.91 Å². The fourth-order valence-electron chi connectivity index (χ4n) is 4.06. The van der Waals surface area contributed by atoms with E-state index in [1.54, 1.807) is 4.90 Å². The highest BCUT2D eigenvalue weighted by Gasteiger charge is 2.39. The Morgan fingerprint density at radius 2 is 1.76 bits per heavy atom. The molecule has 0 radical (unpaired) electrons. The quantitative estimate of drug-likeness (QED) is 0.717. The lowest BCUT2D eigenvalue weighted by Gasteiger charge is -2.20. The van der Waals surface area contributed by atoms with Crippen LogP contribution in [0.3, 0.4) is 0 Å². The Hall–Kier alpha value is -3.34. The molecule has 3 aromatic carbocycles. The van der Waals surface area contributed by atoms with Crippen molar-refractivity contribution in [1.82, 2.24) is 5.32 Å². The second-order valence-corrected chi connectivity index (χ2v) is 7.41. The first-order chi connectivity index (χ1) is 14.0. The zero-order valence-corrected chi connectivity index (χ0v) is 16.9. The van der Waals surface area contributed by atoms with Gasteiger partial charge in [-0.1, -0.05) is 48.5 Å². The number of aryl methyl sites for hydroxylation is 2. The number of nitrogens with one attached hydrogen (secondary N) is 1. The Kier molecular flexibility index (Phi) is 4.97. The summed E-state index contributed by atoms with van der Waals surface area (Å²) >= 11 is 0. The van der Waals surface area contributed by atoms with Gasteiger partial charge < -0.3 is 15.0 Å². The summed E-state index contributed by atoms with van der Waals surface area (Å²) in [5, 5.41) is 4.97. The number of ether oxygens (including phenoxy) is 1. The average Bonchev–Trinajstić information content (AvgIpc) is 2.98. The maximum absolute atomic E-state index is 13.1. The summed E-state index contributed by atoms with van der Waals surface area (Å²) in [6.45, 7) is 6.16. The lowest BCUT2D eigenvalue weighted by Crippen LogP contribution is -2.38. The Labute approximate surface area is 170 Å². The molecule has 148 valence electrons. The minimum atomic E-state index is -0.639. The molecule has 1 atom stereocenters. The number of anilines is 1. The van der Waals surface area contributed by atoms with Gasteiger partial charge >= 0.3 is 0 Å². The fraction of sp³-hybridized carbons (Fsp3) is 0.250. The average molecular weight is 388 g/mol. The summed E-state index contributed by atoms with van der Waals surface area (Å²) in [7, 11) is 0. The summed E-state index contributed by atoms with van der Waals surface area (Å²) in [6.07, 6.45) is 0. The smallest absolute Gasteiger partial charge is 0.254 e. The second kappa shape index (κ2) is 7.59. The molecule has 29 heavy (non-hydrogen) atoms. The molecule has 1 heterocycles. The highest BCUT2D eigenvalue weighted by Crippen LogP contribution is 2.40. The SMILES string of the molecule is CC(=O)N[C@H]1C(=O)N(CCOc2cccc3ccccc23)c2c(C)ccc(C)c21. The van der Waals surface area contributed by atoms with Gasteiger partial charge in [-0.05, 0) is 36.4 Å². The van der Waals surface area contributed by atoms with Crippen LogP contribution in [-0.4, -0.2) is 25.0 Å². The first-order valence-corrected chi connectivity index (χ1v) is 9.76. The first-order valence-electron chi connectivity index (χ1n) is 9.76. The normalized spacial score (nSPS) is 15.5. The standard InChI is InChI=1S/C24H24N2O3/c1-15-11-12-16(2)23-21(15)22(25-17(3)27)24(28)26(23)13-14-29-20-10-6-8-18-7-4-5-9-19(18)20/h4-12,22H,13-14H2,1-3H3,(H,25,27)/t22-/m1/s1. The van der Waals surface area contributed by atoms with Crippen molar-refractivity contribution in [2.24, 2.45) is 0 Å². The Morgan fingerprint density at radius 1 is 1.03 bits per heavy atom. The first kappa shape index (κ1) is 19.0. The molecule has 5 nitrogen and oxygen atoms in total. The number of rotatable bonds is 5. The summed E-state index contributed by atoms with van der Waals surface area (Å²) in [6, 6.07) is 17.4. The lowest BCUT2D eigenvalue weighted by atomic mass is 9.99. The van der Waals surface area contributed by atoms with Crippen molar-refractivity contribution in [1.29, 1.82) is 0 Å². The molecule has 1 aliphatic heterocycles. The van der Waals surface area contributed by atoms with Crippen molar-refractivity contribution in [3.8, 4) is 5.75 Å². The van der Waals surface area contributed by atoms with Gasteiger partial charge in [0.15, 0.2) is 0 Å². The Bertz CT molecular complexity index is 1100. The van der Waals surface area contributed by atoms with Crippen LogP contribution in [0.15, 0.2) is 54.6 Å². The molecule has 0 aromatic heterocycles. The van der Waals surface area contributed by atoms with Gasteiger partial charge in [-0.3, -0.25) is 9.59 Å². The van der Waals surface area contributed by atoms with Crippen LogP contribution >= 0.6 is 0 Å². The molecule has 0 fully saturated rings. The van der Waals surface area contributed by atoms with Crippen molar-refractivity contribution in [2.45, 2.75) is 26.8 Å². The van der Waals surface area contributed by atoms with E-state index in [2.05, 4.69) is 5.32 Å². The van der Waals surface area contributed by atoms with Gasteiger partial charge in [0.05, 0.1) is 12.2 Å². The van der Waals surface area contributed by atoms with Crippen LogP contribution in [0.1, 0.15) is 29.7 Å². The lowest BCUT2D eigenvalue weighted by molar-refractivity contribution is -0.126. The van der Waals surface area contributed by atoms with Gasteiger partial charge in [0.2, 0.25) is 5.91 Å². The molecule has 0 saturated heterocycles. The highest BCUT2D eigenvalue weighted by atomic mass is 16.5. The number of amides is 2. The number of carbonyl (C=O) groups is 2. The van der Waals surface area contributed by atoms with Crippen LogP contribution in [0, 0.1) is 13.8 Å². The molecule has 1 aliphatic rings. The maximum atomic E-state index is 13.1. The van der Waals surface area contributed by atoms with Gasteiger partial charge in [0.1, 0.15) is 18.4 Å². The van der Waals surface area contributed by atoms with E-state index in [-0.39, 0.29) is 11.8 Å². The van der Waals surface area contributed by atoms with Crippen molar-refractivity contribution >= 4 is 28.3 Å². The number of carbonyl (C=O) groups excluding carboxylic acids is 2. The van der Waals surface area contributed by atoms with E-state index in [1.807, 2.05) is 68.4 Å². The van der Waals surface area contributed by atoms with E-state index in [0.29, 0.717) is 13.2 Å². The molecular weight excluding hydrogens is 364 g/mol. The maximum Gasteiger partial charge on any atom is 0.254 e. The van der Waals surface area contributed by atoms with Crippen molar-refractivity contribution in [3.05, 3.63) is 71.3 Å². The summed E-state index contributed by atoms with van der Waals surface area (Å²) in [5.41, 5.74) is 3.78. The summed E-state index contributed by atoms with van der Waals surface area (Å²) in [4.78, 5) is 26.5. The number of fused-ring (bicyclic) bond motifs is 2. The highest BCUT2D eigenvalue weighted by molar-refractivity contribution is 6.07. The summed E-state index contributed by atoms with van der Waals surface area (Å²) in [5.74, 6) is 0.465. The topological polar surface area (TPSA) is 58.6 Å². The molecular formula is C24H24N2O3. The predicted octanol–water partition coefficient (Wildman–Crippen LogP) is 4.06. The predicted molar refractivity (Wildman–Crippen MR) is 114 cm³/mol. The Balaban J connectivity index is 1.58. The van der Waals surface area contributed by atoms with Gasteiger partial charge in [0, 0.05) is 17.9 Å². The number of hydrogen-bond donors (Lipinski definition) is 1. The third-order valence-corrected chi connectivity index (χ3v) is 5.38. The molecule has 0 spiro atoms. The molecule has 5 heteroatoms. The van der Waals surface area contributed by atoms with Crippen LogP contribution in [0.4, 0.5) is 5.69 Å². The van der Waals surface area contributed by atoms with E-state index in [9.17, 15) is 9.59 Å². The van der Waals surface area contributed by atoms with Gasteiger partial charge in [-0.2, -0.15) is 0 Å². The van der Waals surface area contributed by atoms with E-state index in [4.69, 9.17) is 4.74 Å². The number of hydrogen-bond acceptors (Lipinski definition) is 3. The van der Waals surface area contributed by atoms with Crippen LogP contribution in [-0.2, 0) is 9.59 Å². The fourth-order valence-corrected chi connectivity index (χ4v) is 4.06. The minimum absolute atomic E-state index is 0.117. The largest absolute Gasteiger partial charge is 0.491 e. The van der Waals surface area contributed by atoms with Crippen LogP contribution in [0.2, 0.25) is 0 Å². The van der Waals surface area contributed by atoms with E-state index < -0.39 is 6.04 Å². The van der Waals surface area contributed by atoms with Crippen molar-refractivity contribution < 1.29 is 14.3 Å². The van der Waals surface area contributed by atoms with Crippen LogP contribution in [0.5, 0.6) is 5.75 Å². The van der Waals surface area contributed by atoms with E-state index in [1.165, 1.54) is 6.92 Å². The molecule has 0 aliphatic carbocycles. The summed E-state index contributed by atoms with van der Waals surface area (Å²) < 4.78 is 6.05. The third kappa shape index (κ3) is 3.44. The van der Waals surface area contributed by atoms with E-state index in [0.717, 1.165) is 38.9 Å². The zero-order chi connectivity index (χ0) is 20.5. The zero-order valence-electron chi connectivity index (χ0n) is 16.9. The van der Waals surface area contributed by atoms with Crippen LogP contribution in [0.25, 0.3) is 10.8 Å². The molecule has 1 N–H and O–H groups in total.